The number of allylic oxidation sites excluding steroid dienone is 4. The van der Waals surface area contributed by atoms with Crippen molar-refractivity contribution in [2.45, 2.75) is 387 Å². The van der Waals surface area contributed by atoms with Crippen LogP contribution in [0.3, 0.4) is 0 Å². The lowest BCUT2D eigenvalue weighted by atomic mass is 9.99. The molecule has 0 aromatic carbocycles. The summed E-state index contributed by atoms with van der Waals surface area (Å²) in [5.41, 5.74) is 0. The SMILES string of the molecule is CCCCCC/C=C\C=C/CCCCCCCC(=O)OC[C@H](COP(=O)(O)OC[C@@H](O)COP(=O)(O)OC[C@@H](COC(=O)CCCCCCCCC(C)C)OC(=O)CCCCCCCCCCCCCCC)OC(=O)CCCCCCCCCCCCCCCCC(C)CC. The van der Waals surface area contributed by atoms with E-state index in [0.717, 1.165) is 121 Å². The van der Waals surface area contributed by atoms with Crippen LogP contribution < -0.4 is 0 Å². The van der Waals surface area contributed by atoms with Gasteiger partial charge in [0.25, 0.3) is 0 Å². The Morgan fingerprint density at radius 1 is 0.347 bits per heavy atom. The predicted molar refractivity (Wildman–Crippen MR) is 386 cm³/mol. The molecule has 0 amide bonds. The first-order valence-corrected chi connectivity index (χ1v) is 41.8. The molecule has 0 aliphatic carbocycles. The summed E-state index contributed by atoms with van der Waals surface area (Å²) in [7, 11) is -9.92. The number of rotatable bonds is 73. The van der Waals surface area contributed by atoms with Gasteiger partial charge in [0.15, 0.2) is 12.2 Å². The van der Waals surface area contributed by atoms with Gasteiger partial charge in [-0.1, -0.05) is 316 Å². The first-order chi connectivity index (χ1) is 45.9. The predicted octanol–water partition coefficient (Wildman–Crippen LogP) is 21.9. The summed E-state index contributed by atoms with van der Waals surface area (Å²) in [4.78, 5) is 72.7. The van der Waals surface area contributed by atoms with Crippen LogP contribution in [-0.4, -0.2) is 96.7 Å². The van der Waals surface area contributed by atoms with Crippen molar-refractivity contribution in [3.05, 3.63) is 24.3 Å². The highest BCUT2D eigenvalue weighted by atomic mass is 31.2. The van der Waals surface area contributed by atoms with E-state index in [9.17, 15) is 43.2 Å². The van der Waals surface area contributed by atoms with Crippen molar-refractivity contribution in [3.63, 3.8) is 0 Å². The Hall–Kier alpha value is -2.46. The average molecular weight is 1390 g/mol. The van der Waals surface area contributed by atoms with Crippen LogP contribution in [0.25, 0.3) is 0 Å². The Bertz CT molecular complexity index is 1930. The fraction of sp³-hybridized carbons (Fsp3) is 0.895. The van der Waals surface area contributed by atoms with E-state index in [4.69, 9.17) is 37.0 Å². The number of unbranched alkanes of at least 4 members (excludes halogenated alkanes) is 39. The highest BCUT2D eigenvalue weighted by Crippen LogP contribution is 2.45. The molecule has 95 heavy (non-hydrogen) atoms. The van der Waals surface area contributed by atoms with Crippen molar-refractivity contribution in [1.82, 2.24) is 0 Å². The highest BCUT2D eigenvalue weighted by Gasteiger charge is 2.30. The van der Waals surface area contributed by atoms with Gasteiger partial charge in [0, 0.05) is 25.7 Å². The molecule has 0 aliphatic heterocycles. The lowest BCUT2D eigenvalue weighted by Crippen LogP contribution is -2.30. The van der Waals surface area contributed by atoms with Gasteiger partial charge in [-0.05, 0) is 63.2 Å². The van der Waals surface area contributed by atoms with Crippen LogP contribution in [0.1, 0.15) is 369 Å². The number of esters is 4. The molecule has 0 fully saturated rings. The number of ether oxygens (including phenoxy) is 4. The molecular weight excluding hydrogens is 1250 g/mol. The summed E-state index contributed by atoms with van der Waals surface area (Å²) in [5, 5.41) is 10.6. The molecule has 560 valence electrons. The van der Waals surface area contributed by atoms with Crippen LogP contribution in [-0.2, 0) is 65.4 Å². The molecule has 0 spiro atoms. The Labute approximate surface area is 580 Å². The quantitative estimate of drug-likeness (QED) is 0.0169. The first kappa shape index (κ1) is 92.5. The smallest absolute Gasteiger partial charge is 0.462 e. The second-order valence-corrected chi connectivity index (χ2v) is 30.3. The fourth-order valence-corrected chi connectivity index (χ4v) is 12.7. The normalized spacial score (nSPS) is 14.5. The average Bonchev–Trinajstić information content (AvgIpc) is 1.83. The van der Waals surface area contributed by atoms with Gasteiger partial charge in [0.2, 0.25) is 0 Å². The van der Waals surface area contributed by atoms with E-state index in [1.165, 1.54) is 161 Å². The van der Waals surface area contributed by atoms with E-state index in [1.807, 2.05) is 0 Å². The van der Waals surface area contributed by atoms with Gasteiger partial charge in [0.1, 0.15) is 19.3 Å². The largest absolute Gasteiger partial charge is 0.472 e. The standard InChI is InChI=1S/C76H144O17P2/c1-7-10-12-14-16-18-20-22-23-28-31-35-39-46-52-58-73(78)86-64-71(92-75(80)61-55-49-41-37-33-29-25-24-27-30-34-38-45-51-57-69(6)9-3)66-90-94(82,83)88-62-70(77)63-89-95(84,85)91-67-72(65-87-74(79)59-53-47-43-42-44-50-56-68(4)5)93-76(81)60-54-48-40-36-32-26-21-19-17-15-13-11-8-2/h18,20,22-23,68-72,77H,7-17,19,21,24-67H2,1-6H3,(H,82,83)(H,84,85)/b20-18-,23-22-/t69?,70-,71-,72-/m1/s1. The van der Waals surface area contributed by atoms with Crippen LogP contribution in [0.15, 0.2) is 24.3 Å². The minimum absolute atomic E-state index is 0.101. The van der Waals surface area contributed by atoms with E-state index in [2.05, 4.69) is 65.8 Å². The second-order valence-electron chi connectivity index (χ2n) is 27.4. The summed E-state index contributed by atoms with van der Waals surface area (Å²) in [6.07, 6.45) is 57.7. The monoisotopic (exact) mass is 1390 g/mol. The fourth-order valence-electron chi connectivity index (χ4n) is 11.1. The second kappa shape index (κ2) is 67.4. The summed E-state index contributed by atoms with van der Waals surface area (Å²) >= 11 is 0. The lowest BCUT2D eigenvalue weighted by molar-refractivity contribution is -0.161. The molecule has 0 aromatic heterocycles. The molecule has 0 aliphatic rings. The highest BCUT2D eigenvalue weighted by molar-refractivity contribution is 7.47. The topological polar surface area (TPSA) is 237 Å². The number of phosphoric acid groups is 2. The third-order valence-corrected chi connectivity index (χ3v) is 19.3. The molecule has 0 heterocycles. The zero-order chi connectivity index (χ0) is 70.0. The molecule has 0 aromatic rings. The minimum atomic E-state index is -4.96. The van der Waals surface area contributed by atoms with Gasteiger partial charge in [0.05, 0.1) is 26.4 Å². The van der Waals surface area contributed by atoms with Crippen molar-refractivity contribution in [2.75, 3.05) is 39.6 Å². The molecule has 6 atom stereocenters. The number of carbonyl (C=O) groups excluding carboxylic acids is 4. The molecule has 17 nitrogen and oxygen atoms in total. The van der Waals surface area contributed by atoms with Crippen molar-refractivity contribution in [1.29, 1.82) is 0 Å². The molecule has 0 saturated carbocycles. The maximum atomic E-state index is 13.1. The van der Waals surface area contributed by atoms with Crippen LogP contribution in [0.4, 0.5) is 0 Å². The zero-order valence-corrected chi connectivity index (χ0v) is 63.2. The van der Waals surface area contributed by atoms with Crippen LogP contribution in [0.5, 0.6) is 0 Å². The molecular formula is C76H144O17P2. The number of phosphoric ester groups is 2. The van der Waals surface area contributed by atoms with Crippen molar-refractivity contribution >= 4 is 39.5 Å². The summed E-state index contributed by atoms with van der Waals surface area (Å²) in [6, 6.07) is 0. The number of aliphatic hydroxyl groups is 1. The van der Waals surface area contributed by atoms with E-state index < -0.39 is 97.5 Å². The van der Waals surface area contributed by atoms with Gasteiger partial charge < -0.3 is 33.8 Å². The number of aliphatic hydroxyl groups excluding tert-OH is 1. The van der Waals surface area contributed by atoms with Gasteiger partial charge in [-0.3, -0.25) is 37.3 Å². The third-order valence-electron chi connectivity index (χ3n) is 17.4. The van der Waals surface area contributed by atoms with E-state index >= 15 is 0 Å². The van der Waals surface area contributed by atoms with Crippen molar-refractivity contribution < 1.29 is 80.2 Å². The van der Waals surface area contributed by atoms with Gasteiger partial charge in [-0.2, -0.15) is 0 Å². The van der Waals surface area contributed by atoms with E-state index in [1.54, 1.807) is 0 Å². The first-order valence-electron chi connectivity index (χ1n) is 38.8. The van der Waals surface area contributed by atoms with Gasteiger partial charge in [-0.15, -0.1) is 0 Å². The molecule has 0 saturated heterocycles. The van der Waals surface area contributed by atoms with Crippen molar-refractivity contribution in [3.8, 4) is 0 Å². The molecule has 0 rings (SSSR count). The minimum Gasteiger partial charge on any atom is -0.462 e. The van der Waals surface area contributed by atoms with Gasteiger partial charge >= 0.3 is 39.5 Å². The number of carbonyl (C=O) groups is 4. The molecule has 0 radical (unpaired) electrons. The van der Waals surface area contributed by atoms with Crippen LogP contribution >= 0.6 is 15.6 Å². The van der Waals surface area contributed by atoms with E-state index in [-0.39, 0.29) is 25.7 Å². The van der Waals surface area contributed by atoms with E-state index in [0.29, 0.717) is 31.6 Å². The molecule has 19 heteroatoms. The maximum absolute atomic E-state index is 13.1. The maximum Gasteiger partial charge on any atom is 0.472 e. The Morgan fingerprint density at radius 2 is 0.621 bits per heavy atom. The Kier molecular flexibility index (Phi) is 65.6. The third kappa shape index (κ3) is 68.5. The summed E-state index contributed by atoms with van der Waals surface area (Å²) < 4.78 is 68.4. The molecule has 3 unspecified atom stereocenters. The van der Waals surface area contributed by atoms with Crippen molar-refractivity contribution in [2.24, 2.45) is 11.8 Å². The lowest BCUT2D eigenvalue weighted by Gasteiger charge is -2.21. The molecule has 3 N–H and O–H groups in total. The zero-order valence-electron chi connectivity index (χ0n) is 61.5. The summed E-state index contributed by atoms with van der Waals surface area (Å²) in [6.45, 7) is 9.50. The van der Waals surface area contributed by atoms with Crippen LogP contribution in [0, 0.1) is 11.8 Å². The number of hydrogen-bond donors (Lipinski definition) is 3. The van der Waals surface area contributed by atoms with Gasteiger partial charge in [-0.25, -0.2) is 9.13 Å². The summed E-state index contributed by atoms with van der Waals surface area (Å²) in [5.74, 6) is -0.626. The molecule has 0 bridgehead atoms. The Morgan fingerprint density at radius 3 is 0.947 bits per heavy atom. The number of hydrogen-bond acceptors (Lipinski definition) is 15. The Balaban J connectivity index is 5.27. The van der Waals surface area contributed by atoms with Crippen LogP contribution in [0.2, 0.25) is 0 Å².